The van der Waals surface area contributed by atoms with Crippen molar-refractivity contribution in [1.29, 1.82) is 0 Å². The molecule has 0 aliphatic carbocycles. The molecule has 1 aliphatic rings. The predicted octanol–water partition coefficient (Wildman–Crippen LogP) is 3.97. The minimum Gasteiger partial charge on any atom is -0.492 e. The number of anilines is 1. The SMILES string of the molecule is CNCCOc1ccc(-c2sc3nc(-c4cccs4)nc(N(C)C4=CC(=O)NC4=O)c3c2C)cc1. The van der Waals surface area contributed by atoms with E-state index in [1.165, 1.54) is 6.08 Å². The number of nitrogens with one attached hydrogen (secondary N) is 2. The summed E-state index contributed by atoms with van der Waals surface area (Å²) in [6.07, 6.45) is 1.30. The van der Waals surface area contributed by atoms with Crippen LogP contribution in [-0.4, -0.2) is 49.0 Å². The summed E-state index contributed by atoms with van der Waals surface area (Å²) < 4.78 is 5.75. The van der Waals surface area contributed by atoms with E-state index in [4.69, 9.17) is 14.7 Å². The normalized spacial score (nSPS) is 13.3. The maximum absolute atomic E-state index is 12.4. The maximum Gasteiger partial charge on any atom is 0.274 e. The van der Waals surface area contributed by atoms with Gasteiger partial charge in [-0.1, -0.05) is 6.07 Å². The third-order valence-corrected chi connectivity index (χ3v) is 7.77. The second-order valence-corrected chi connectivity index (χ2v) is 9.91. The molecule has 0 saturated carbocycles. The number of carbonyl (C=O) groups excluding carboxylic acids is 2. The van der Waals surface area contributed by atoms with Crippen LogP contribution in [0, 0.1) is 6.92 Å². The van der Waals surface area contributed by atoms with Gasteiger partial charge in [0, 0.05) is 24.5 Å². The summed E-state index contributed by atoms with van der Waals surface area (Å²) in [5.74, 6) is 1.11. The molecule has 0 unspecified atom stereocenters. The number of fused-ring (bicyclic) bond motifs is 1. The quantitative estimate of drug-likeness (QED) is 0.276. The largest absolute Gasteiger partial charge is 0.492 e. The first-order chi connectivity index (χ1) is 17.0. The van der Waals surface area contributed by atoms with E-state index in [1.807, 2.05) is 55.7 Å². The van der Waals surface area contributed by atoms with Gasteiger partial charge in [-0.2, -0.15) is 0 Å². The topological polar surface area (TPSA) is 96.4 Å². The maximum atomic E-state index is 12.4. The molecular formula is C25H23N5O3S2. The summed E-state index contributed by atoms with van der Waals surface area (Å²) in [4.78, 5) is 38.4. The summed E-state index contributed by atoms with van der Waals surface area (Å²) in [6, 6.07) is 11.9. The Morgan fingerprint density at radius 2 is 1.94 bits per heavy atom. The van der Waals surface area contributed by atoms with Gasteiger partial charge in [0.15, 0.2) is 5.82 Å². The Balaban J connectivity index is 1.61. The minimum absolute atomic E-state index is 0.252. The molecule has 0 bridgehead atoms. The number of hydrogen-bond acceptors (Lipinski definition) is 9. The van der Waals surface area contributed by atoms with Gasteiger partial charge in [0.1, 0.15) is 28.7 Å². The van der Waals surface area contributed by atoms with Crippen LogP contribution in [0.4, 0.5) is 5.82 Å². The van der Waals surface area contributed by atoms with E-state index in [-0.39, 0.29) is 5.70 Å². The van der Waals surface area contributed by atoms with Gasteiger partial charge in [0.05, 0.1) is 10.3 Å². The number of aromatic nitrogens is 2. The molecule has 0 radical (unpaired) electrons. The van der Waals surface area contributed by atoms with Crippen LogP contribution in [0.1, 0.15) is 5.56 Å². The zero-order valence-electron chi connectivity index (χ0n) is 19.4. The van der Waals surface area contributed by atoms with E-state index in [0.717, 1.165) is 43.4 Å². The summed E-state index contributed by atoms with van der Waals surface area (Å²) in [5.41, 5.74) is 2.31. The number of hydrogen-bond donors (Lipinski definition) is 2. The Morgan fingerprint density at radius 3 is 2.60 bits per heavy atom. The van der Waals surface area contributed by atoms with Crippen LogP contribution in [0.2, 0.25) is 0 Å². The molecular weight excluding hydrogens is 482 g/mol. The molecule has 35 heavy (non-hydrogen) atoms. The number of amides is 2. The van der Waals surface area contributed by atoms with Crippen molar-refractivity contribution < 1.29 is 14.3 Å². The smallest absolute Gasteiger partial charge is 0.274 e. The highest BCUT2D eigenvalue weighted by molar-refractivity contribution is 7.22. The monoisotopic (exact) mass is 505 g/mol. The number of thiophene rings is 2. The standard InChI is InChI=1S/C25H23N5O3S2/c1-14-20-23(30(3)17-13-19(31)27-24(17)32)28-22(18-5-4-12-34-18)29-25(20)35-21(14)15-6-8-16(9-7-15)33-11-10-26-2/h4-9,12-13,26H,10-11H2,1-3H3,(H,27,31,32). The molecule has 2 amide bonds. The molecule has 4 heterocycles. The summed E-state index contributed by atoms with van der Waals surface area (Å²) in [7, 11) is 3.64. The van der Waals surface area contributed by atoms with Gasteiger partial charge in [0.2, 0.25) is 0 Å². The Hall–Kier alpha value is -3.60. The van der Waals surface area contributed by atoms with E-state index >= 15 is 0 Å². The van der Waals surface area contributed by atoms with Crippen molar-refractivity contribution in [2.75, 3.05) is 32.1 Å². The molecule has 3 aromatic heterocycles. The number of aryl methyl sites for hydroxylation is 1. The van der Waals surface area contributed by atoms with Crippen molar-refractivity contribution >= 4 is 50.5 Å². The van der Waals surface area contributed by atoms with Crippen LogP contribution in [0.5, 0.6) is 5.75 Å². The molecule has 4 aromatic rings. The first kappa shape index (κ1) is 23.2. The first-order valence-corrected chi connectivity index (χ1v) is 12.7. The highest BCUT2D eigenvalue weighted by Crippen LogP contribution is 2.43. The van der Waals surface area contributed by atoms with Crippen molar-refractivity contribution in [3.05, 3.63) is 59.1 Å². The lowest BCUT2D eigenvalue weighted by Gasteiger charge is -2.19. The van der Waals surface area contributed by atoms with E-state index < -0.39 is 11.8 Å². The Bertz CT molecular complexity index is 1440. The fourth-order valence-electron chi connectivity index (χ4n) is 3.89. The van der Waals surface area contributed by atoms with Crippen molar-refractivity contribution in [2.45, 2.75) is 6.92 Å². The summed E-state index contributed by atoms with van der Waals surface area (Å²) in [5, 5.41) is 8.21. The first-order valence-electron chi connectivity index (χ1n) is 11.0. The lowest BCUT2D eigenvalue weighted by molar-refractivity contribution is -0.123. The van der Waals surface area contributed by atoms with Crippen molar-refractivity contribution in [3.63, 3.8) is 0 Å². The van der Waals surface area contributed by atoms with Crippen LogP contribution in [0.25, 0.3) is 31.4 Å². The highest BCUT2D eigenvalue weighted by atomic mass is 32.1. The van der Waals surface area contributed by atoms with Gasteiger partial charge in [-0.15, -0.1) is 22.7 Å². The number of rotatable bonds is 8. The van der Waals surface area contributed by atoms with Crippen molar-refractivity contribution in [3.8, 4) is 26.9 Å². The summed E-state index contributed by atoms with van der Waals surface area (Å²) in [6.45, 7) is 3.41. The van der Waals surface area contributed by atoms with E-state index in [0.29, 0.717) is 18.2 Å². The number of nitrogens with zero attached hydrogens (tertiary/aromatic N) is 3. The lowest BCUT2D eigenvalue weighted by atomic mass is 10.1. The molecule has 0 fully saturated rings. The lowest BCUT2D eigenvalue weighted by Crippen LogP contribution is -2.29. The zero-order chi connectivity index (χ0) is 24.5. The van der Waals surface area contributed by atoms with Crippen molar-refractivity contribution in [2.24, 2.45) is 0 Å². The second kappa shape index (κ2) is 9.57. The second-order valence-electron chi connectivity index (χ2n) is 7.97. The fourth-order valence-corrected chi connectivity index (χ4v) is 5.73. The molecule has 10 heteroatoms. The molecule has 5 rings (SSSR count). The van der Waals surface area contributed by atoms with Crippen LogP contribution >= 0.6 is 22.7 Å². The molecule has 1 aromatic carbocycles. The van der Waals surface area contributed by atoms with Gasteiger partial charge in [-0.25, -0.2) is 9.97 Å². The van der Waals surface area contributed by atoms with Crippen LogP contribution in [-0.2, 0) is 9.59 Å². The summed E-state index contributed by atoms with van der Waals surface area (Å²) >= 11 is 3.13. The minimum atomic E-state index is -0.441. The highest BCUT2D eigenvalue weighted by Gasteiger charge is 2.28. The number of benzene rings is 1. The number of likely N-dealkylation sites (N-methyl/N-ethyl adjacent to an activating group) is 2. The Kier molecular flexibility index (Phi) is 6.33. The molecule has 1 aliphatic heterocycles. The Labute approximate surface area is 210 Å². The van der Waals surface area contributed by atoms with Gasteiger partial charge in [-0.05, 0) is 60.8 Å². The predicted molar refractivity (Wildman–Crippen MR) is 140 cm³/mol. The van der Waals surface area contributed by atoms with Crippen molar-refractivity contribution in [1.82, 2.24) is 20.6 Å². The average molecular weight is 506 g/mol. The number of imide groups is 1. The molecule has 0 saturated heterocycles. The average Bonchev–Trinajstić information content (AvgIpc) is 3.58. The van der Waals surface area contributed by atoms with E-state index in [2.05, 4.69) is 10.6 Å². The number of carbonyl (C=O) groups is 2. The van der Waals surface area contributed by atoms with Gasteiger partial charge < -0.3 is 15.0 Å². The molecule has 178 valence electrons. The molecule has 8 nitrogen and oxygen atoms in total. The number of ether oxygens (including phenoxy) is 1. The van der Waals surface area contributed by atoms with Gasteiger partial charge in [-0.3, -0.25) is 14.9 Å². The fraction of sp³-hybridized carbons (Fsp3) is 0.200. The van der Waals surface area contributed by atoms with E-state index in [9.17, 15) is 9.59 Å². The Morgan fingerprint density at radius 1 is 1.14 bits per heavy atom. The van der Waals surface area contributed by atoms with Gasteiger partial charge in [0.25, 0.3) is 11.8 Å². The molecule has 2 N–H and O–H groups in total. The molecule has 0 spiro atoms. The van der Waals surface area contributed by atoms with E-state index in [1.54, 1.807) is 34.6 Å². The van der Waals surface area contributed by atoms with Crippen LogP contribution in [0.3, 0.4) is 0 Å². The van der Waals surface area contributed by atoms with Gasteiger partial charge >= 0.3 is 0 Å². The molecule has 0 atom stereocenters. The zero-order valence-corrected chi connectivity index (χ0v) is 21.0. The van der Waals surface area contributed by atoms with Crippen LogP contribution < -0.4 is 20.3 Å². The third-order valence-electron chi connectivity index (χ3n) is 5.67. The third kappa shape index (κ3) is 4.43. The van der Waals surface area contributed by atoms with Crippen LogP contribution in [0.15, 0.2) is 53.6 Å².